The second-order valence-electron chi connectivity index (χ2n) is 3.59. The standard InChI is InChI=1S/C12H15N3S/c1-9-3-4-16-12(9)8-15-11-5-10(13-2)6-14-7-11/h3-7,13,15H,8H2,1-2H3. The predicted octanol–water partition coefficient (Wildman–Crippen LogP) is 3.11. The number of aryl methyl sites for hydroxylation is 1. The lowest BCUT2D eigenvalue weighted by molar-refractivity contribution is 1.15. The van der Waals surface area contributed by atoms with E-state index in [2.05, 4.69) is 40.1 Å². The van der Waals surface area contributed by atoms with Crippen LogP contribution in [0.3, 0.4) is 0 Å². The molecule has 16 heavy (non-hydrogen) atoms. The number of aromatic nitrogens is 1. The highest BCUT2D eigenvalue weighted by Gasteiger charge is 2.00. The third-order valence-electron chi connectivity index (χ3n) is 2.45. The SMILES string of the molecule is CNc1cncc(NCc2sccc2C)c1. The Kier molecular flexibility index (Phi) is 3.41. The Morgan fingerprint density at radius 3 is 2.81 bits per heavy atom. The topological polar surface area (TPSA) is 37.0 Å². The molecule has 0 radical (unpaired) electrons. The van der Waals surface area contributed by atoms with E-state index in [4.69, 9.17) is 0 Å². The Balaban J connectivity index is 2.02. The summed E-state index contributed by atoms with van der Waals surface area (Å²) in [7, 11) is 1.89. The molecule has 0 fully saturated rings. The monoisotopic (exact) mass is 233 g/mol. The number of thiophene rings is 1. The Morgan fingerprint density at radius 1 is 1.31 bits per heavy atom. The van der Waals surface area contributed by atoms with Gasteiger partial charge < -0.3 is 10.6 Å². The molecule has 0 saturated carbocycles. The number of nitrogens with one attached hydrogen (secondary N) is 2. The van der Waals surface area contributed by atoms with E-state index in [1.165, 1.54) is 10.4 Å². The van der Waals surface area contributed by atoms with Crippen molar-refractivity contribution in [3.63, 3.8) is 0 Å². The van der Waals surface area contributed by atoms with E-state index in [1.54, 1.807) is 11.3 Å². The Morgan fingerprint density at radius 2 is 2.12 bits per heavy atom. The number of hydrogen-bond acceptors (Lipinski definition) is 4. The summed E-state index contributed by atoms with van der Waals surface area (Å²) in [6, 6.07) is 4.19. The molecule has 2 heterocycles. The zero-order chi connectivity index (χ0) is 11.4. The first kappa shape index (κ1) is 11.0. The normalized spacial score (nSPS) is 10.1. The summed E-state index contributed by atoms with van der Waals surface area (Å²) < 4.78 is 0. The van der Waals surface area contributed by atoms with E-state index < -0.39 is 0 Å². The van der Waals surface area contributed by atoms with Crippen molar-refractivity contribution in [2.45, 2.75) is 13.5 Å². The van der Waals surface area contributed by atoms with Gasteiger partial charge in [0, 0.05) is 18.5 Å². The number of hydrogen-bond donors (Lipinski definition) is 2. The quantitative estimate of drug-likeness (QED) is 0.852. The lowest BCUT2D eigenvalue weighted by atomic mass is 10.3. The fraction of sp³-hybridized carbons (Fsp3) is 0.250. The molecule has 0 bridgehead atoms. The molecule has 2 rings (SSSR count). The van der Waals surface area contributed by atoms with Gasteiger partial charge in [-0.2, -0.15) is 0 Å². The van der Waals surface area contributed by atoms with Gasteiger partial charge in [0.25, 0.3) is 0 Å². The first-order chi connectivity index (χ1) is 7.79. The van der Waals surface area contributed by atoms with Crippen LogP contribution in [-0.2, 0) is 6.54 Å². The van der Waals surface area contributed by atoms with Crippen molar-refractivity contribution >= 4 is 22.7 Å². The first-order valence-electron chi connectivity index (χ1n) is 5.19. The molecule has 4 heteroatoms. The summed E-state index contributed by atoms with van der Waals surface area (Å²) in [5.41, 5.74) is 3.41. The van der Waals surface area contributed by atoms with Gasteiger partial charge >= 0.3 is 0 Å². The van der Waals surface area contributed by atoms with Crippen LogP contribution in [0.1, 0.15) is 10.4 Å². The lowest BCUT2D eigenvalue weighted by Gasteiger charge is -2.07. The molecule has 0 atom stereocenters. The molecular formula is C12H15N3S. The van der Waals surface area contributed by atoms with Crippen molar-refractivity contribution in [2.24, 2.45) is 0 Å². The largest absolute Gasteiger partial charge is 0.387 e. The fourth-order valence-corrected chi connectivity index (χ4v) is 2.29. The predicted molar refractivity (Wildman–Crippen MR) is 70.2 cm³/mol. The van der Waals surface area contributed by atoms with Crippen LogP contribution in [-0.4, -0.2) is 12.0 Å². The van der Waals surface area contributed by atoms with Gasteiger partial charge in [-0.05, 0) is 30.0 Å². The van der Waals surface area contributed by atoms with E-state index >= 15 is 0 Å². The molecule has 0 spiro atoms. The summed E-state index contributed by atoms with van der Waals surface area (Å²) in [6.07, 6.45) is 3.64. The zero-order valence-corrected chi connectivity index (χ0v) is 10.3. The van der Waals surface area contributed by atoms with Gasteiger partial charge in [0.15, 0.2) is 0 Å². The lowest BCUT2D eigenvalue weighted by Crippen LogP contribution is -2.00. The van der Waals surface area contributed by atoms with Crippen LogP contribution in [0.15, 0.2) is 29.9 Å². The average Bonchev–Trinajstić information content (AvgIpc) is 2.72. The zero-order valence-electron chi connectivity index (χ0n) is 9.45. The Hall–Kier alpha value is -1.55. The number of nitrogens with zero attached hydrogens (tertiary/aromatic N) is 1. The van der Waals surface area contributed by atoms with Crippen LogP contribution < -0.4 is 10.6 Å². The van der Waals surface area contributed by atoms with Crippen molar-refractivity contribution < 1.29 is 0 Å². The maximum Gasteiger partial charge on any atom is 0.0550 e. The Labute approximate surface area is 99.5 Å². The highest BCUT2D eigenvalue weighted by atomic mass is 32.1. The van der Waals surface area contributed by atoms with E-state index in [1.807, 2.05) is 19.4 Å². The van der Waals surface area contributed by atoms with E-state index in [9.17, 15) is 0 Å². The van der Waals surface area contributed by atoms with Crippen LogP contribution in [0.25, 0.3) is 0 Å². The van der Waals surface area contributed by atoms with Gasteiger partial charge in [-0.15, -0.1) is 11.3 Å². The summed E-state index contributed by atoms with van der Waals surface area (Å²) in [5.74, 6) is 0. The van der Waals surface area contributed by atoms with Crippen LogP contribution >= 0.6 is 11.3 Å². The average molecular weight is 233 g/mol. The minimum Gasteiger partial charge on any atom is -0.387 e. The molecule has 2 N–H and O–H groups in total. The van der Waals surface area contributed by atoms with Crippen molar-refractivity contribution in [1.82, 2.24) is 4.98 Å². The third kappa shape index (κ3) is 2.52. The summed E-state index contributed by atoms with van der Waals surface area (Å²) in [6.45, 7) is 2.99. The van der Waals surface area contributed by atoms with Crippen LogP contribution in [0.2, 0.25) is 0 Å². The smallest absolute Gasteiger partial charge is 0.0550 e. The number of anilines is 2. The second kappa shape index (κ2) is 4.99. The van der Waals surface area contributed by atoms with Crippen molar-refractivity contribution in [3.05, 3.63) is 40.3 Å². The van der Waals surface area contributed by atoms with Gasteiger partial charge in [-0.1, -0.05) is 0 Å². The second-order valence-corrected chi connectivity index (χ2v) is 4.59. The molecule has 0 aliphatic heterocycles. The molecule has 0 aromatic carbocycles. The fourth-order valence-electron chi connectivity index (χ4n) is 1.44. The highest BCUT2D eigenvalue weighted by molar-refractivity contribution is 7.10. The van der Waals surface area contributed by atoms with Gasteiger partial charge in [0.05, 0.1) is 23.8 Å². The van der Waals surface area contributed by atoms with Crippen LogP contribution in [0.5, 0.6) is 0 Å². The van der Waals surface area contributed by atoms with Crippen LogP contribution in [0, 0.1) is 6.92 Å². The van der Waals surface area contributed by atoms with Gasteiger partial charge in [-0.25, -0.2) is 0 Å². The van der Waals surface area contributed by atoms with Gasteiger partial charge in [0.2, 0.25) is 0 Å². The number of rotatable bonds is 4. The summed E-state index contributed by atoms with van der Waals surface area (Å²) in [5, 5.41) is 8.56. The van der Waals surface area contributed by atoms with Gasteiger partial charge in [0.1, 0.15) is 0 Å². The highest BCUT2D eigenvalue weighted by Crippen LogP contribution is 2.18. The van der Waals surface area contributed by atoms with Crippen LogP contribution in [0.4, 0.5) is 11.4 Å². The number of pyridine rings is 1. The molecule has 2 aromatic heterocycles. The summed E-state index contributed by atoms with van der Waals surface area (Å²) >= 11 is 1.78. The minimum atomic E-state index is 0.859. The molecule has 3 nitrogen and oxygen atoms in total. The molecular weight excluding hydrogens is 218 g/mol. The summed E-state index contributed by atoms with van der Waals surface area (Å²) in [4.78, 5) is 5.53. The van der Waals surface area contributed by atoms with Crippen molar-refractivity contribution in [2.75, 3.05) is 17.7 Å². The molecule has 0 aliphatic rings. The van der Waals surface area contributed by atoms with E-state index in [0.29, 0.717) is 0 Å². The van der Waals surface area contributed by atoms with Crippen molar-refractivity contribution in [3.8, 4) is 0 Å². The van der Waals surface area contributed by atoms with Gasteiger partial charge in [-0.3, -0.25) is 4.98 Å². The van der Waals surface area contributed by atoms with Crippen molar-refractivity contribution in [1.29, 1.82) is 0 Å². The maximum absolute atomic E-state index is 4.16. The molecule has 0 amide bonds. The molecule has 0 unspecified atom stereocenters. The Bertz CT molecular complexity index is 465. The maximum atomic E-state index is 4.16. The molecule has 0 saturated heterocycles. The molecule has 2 aromatic rings. The van der Waals surface area contributed by atoms with E-state index in [0.717, 1.165) is 17.9 Å². The first-order valence-corrected chi connectivity index (χ1v) is 6.07. The minimum absolute atomic E-state index is 0.859. The molecule has 84 valence electrons. The third-order valence-corrected chi connectivity index (χ3v) is 3.47. The molecule has 0 aliphatic carbocycles. The van der Waals surface area contributed by atoms with E-state index in [-0.39, 0.29) is 0 Å².